The van der Waals surface area contributed by atoms with E-state index in [4.69, 9.17) is 16.3 Å². The average molecular weight is 560 g/mol. The van der Waals surface area contributed by atoms with Crippen molar-refractivity contribution in [3.8, 4) is 28.7 Å². The lowest BCUT2D eigenvalue weighted by atomic mass is 9.88. The van der Waals surface area contributed by atoms with Crippen molar-refractivity contribution in [1.82, 2.24) is 14.1 Å². The van der Waals surface area contributed by atoms with Gasteiger partial charge in [-0.3, -0.25) is 13.7 Å². The largest absolute Gasteiger partial charge is 0.459 e. The van der Waals surface area contributed by atoms with Gasteiger partial charge in [0.05, 0.1) is 29.0 Å². The zero-order valence-corrected chi connectivity index (χ0v) is 24.2. The highest BCUT2D eigenvalue weighted by atomic mass is 16.5. The number of aromatic nitrogens is 4. The Hall–Kier alpha value is -5.67. The molecule has 0 amide bonds. The van der Waals surface area contributed by atoms with E-state index in [-0.39, 0.29) is 5.41 Å². The topological polar surface area (TPSA) is 40.2 Å². The third-order valence-corrected chi connectivity index (χ3v) is 7.62. The third-order valence-electron chi connectivity index (χ3n) is 7.62. The molecule has 0 aliphatic heterocycles. The molecular weight excluding hydrogens is 530 g/mol. The van der Waals surface area contributed by atoms with Gasteiger partial charge in [-0.25, -0.2) is 9.83 Å². The van der Waals surface area contributed by atoms with Gasteiger partial charge >= 0.3 is 0 Å². The van der Waals surface area contributed by atoms with E-state index in [1.165, 1.54) is 5.56 Å². The number of hydrogen-bond acceptors (Lipinski definition) is 2. The maximum absolute atomic E-state index is 7.71. The van der Waals surface area contributed by atoms with Gasteiger partial charge in [0.15, 0.2) is 5.69 Å². The molecule has 3 heterocycles. The number of benzene rings is 4. The monoisotopic (exact) mass is 559 g/mol. The Morgan fingerprint density at radius 2 is 1.60 bits per heavy atom. The lowest BCUT2D eigenvalue weighted by Gasteiger charge is -2.20. The minimum Gasteiger partial charge on any atom is -0.459 e. The van der Waals surface area contributed by atoms with Crippen LogP contribution in [-0.4, -0.2) is 14.1 Å². The van der Waals surface area contributed by atoms with E-state index in [0.29, 0.717) is 17.2 Å². The van der Waals surface area contributed by atoms with Crippen LogP contribution in [0.1, 0.15) is 26.3 Å². The molecule has 6 heteroatoms. The van der Waals surface area contributed by atoms with Crippen molar-refractivity contribution < 1.29 is 9.30 Å². The van der Waals surface area contributed by atoms with E-state index >= 15 is 0 Å². The minimum absolute atomic E-state index is 0.00609. The number of ether oxygens (including phenoxy) is 1. The van der Waals surface area contributed by atoms with Crippen LogP contribution in [-0.2, 0) is 5.41 Å². The van der Waals surface area contributed by atoms with E-state index < -0.39 is 0 Å². The van der Waals surface area contributed by atoms with Crippen molar-refractivity contribution in [2.24, 2.45) is 0 Å². The summed E-state index contributed by atoms with van der Waals surface area (Å²) in [6.45, 7) is 14.3. The summed E-state index contributed by atoms with van der Waals surface area (Å²) in [4.78, 5) is 8.49. The molecule has 0 atom stereocenters. The number of nitrogens with zero attached hydrogens (tertiary/aromatic N) is 5. The maximum Gasteiger partial charge on any atom is 0.268 e. The van der Waals surface area contributed by atoms with Crippen LogP contribution < -0.4 is 9.30 Å². The maximum atomic E-state index is 7.71. The molecule has 0 spiro atoms. The summed E-state index contributed by atoms with van der Waals surface area (Å²) < 4.78 is 12.4. The smallest absolute Gasteiger partial charge is 0.268 e. The summed E-state index contributed by atoms with van der Waals surface area (Å²) in [6, 6.07) is 34.3. The predicted octanol–water partition coefficient (Wildman–Crippen LogP) is 8.69. The number of fused-ring (bicyclic) bond motifs is 3. The predicted molar refractivity (Wildman–Crippen MR) is 170 cm³/mol. The lowest BCUT2D eigenvalue weighted by Crippen LogP contribution is -2.28. The Kier molecular flexibility index (Phi) is 6.29. The number of para-hydroxylation sites is 2. The molecule has 0 bridgehead atoms. The van der Waals surface area contributed by atoms with Crippen molar-refractivity contribution >= 4 is 27.5 Å². The molecule has 0 aliphatic rings. The van der Waals surface area contributed by atoms with Crippen LogP contribution in [0, 0.1) is 12.9 Å². The summed E-state index contributed by atoms with van der Waals surface area (Å²) in [5.74, 6) is 2.11. The molecule has 3 aromatic heterocycles. The Morgan fingerprint density at radius 3 is 2.42 bits per heavy atom. The minimum atomic E-state index is -0.00609. The fourth-order valence-electron chi connectivity index (χ4n) is 5.43. The molecule has 7 aromatic rings. The van der Waals surface area contributed by atoms with Crippen LogP contribution in [0.15, 0.2) is 122 Å². The molecule has 0 unspecified atom stereocenters. The van der Waals surface area contributed by atoms with E-state index in [0.717, 1.165) is 39.0 Å². The van der Waals surface area contributed by atoms with Crippen molar-refractivity contribution in [2.45, 2.75) is 26.2 Å². The van der Waals surface area contributed by atoms with Gasteiger partial charge in [0.2, 0.25) is 0 Å². The fourth-order valence-corrected chi connectivity index (χ4v) is 5.43. The highest BCUT2D eigenvalue weighted by Crippen LogP contribution is 2.36. The lowest BCUT2D eigenvalue weighted by molar-refractivity contribution is -0.599. The van der Waals surface area contributed by atoms with Crippen molar-refractivity contribution in [2.75, 3.05) is 0 Å². The van der Waals surface area contributed by atoms with Crippen LogP contribution in [0.5, 0.6) is 11.5 Å². The van der Waals surface area contributed by atoms with Crippen LogP contribution in [0.4, 0.5) is 5.69 Å². The number of imidazole rings is 1. The van der Waals surface area contributed by atoms with E-state index in [1.54, 1.807) is 6.07 Å². The third kappa shape index (κ3) is 4.92. The van der Waals surface area contributed by atoms with E-state index in [2.05, 4.69) is 85.0 Å². The van der Waals surface area contributed by atoms with Gasteiger partial charge in [0, 0.05) is 35.4 Å². The molecule has 0 aliphatic carbocycles. The summed E-state index contributed by atoms with van der Waals surface area (Å²) in [6.07, 6.45) is 9.08. The molecule has 4 aromatic carbocycles. The van der Waals surface area contributed by atoms with Crippen molar-refractivity contribution in [3.05, 3.63) is 145 Å². The SMILES string of the molecule is [C-]#[N+]c1cc(Oc2ccc3c4ccccc4n(-c4cc(C(C)(C)C)ccn4)c3c2)cc(-[n+]2[c-]n(-c3ccccc3)cc2)c1. The molecule has 0 radical (unpaired) electrons. The molecule has 0 N–H and O–H groups in total. The summed E-state index contributed by atoms with van der Waals surface area (Å²) in [7, 11) is 0. The zero-order chi connectivity index (χ0) is 29.6. The van der Waals surface area contributed by atoms with Gasteiger partial charge in [-0.1, -0.05) is 57.2 Å². The van der Waals surface area contributed by atoms with E-state index in [1.807, 2.05) is 76.3 Å². The molecule has 6 nitrogen and oxygen atoms in total. The van der Waals surface area contributed by atoms with Crippen LogP contribution in [0.2, 0.25) is 0 Å². The first kappa shape index (κ1) is 26.2. The van der Waals surface area contributed by atoms with Gasteiger partial charge in [-0.15, -0.1) is 0 Å². The first-order valence-corrected chi connectivity index (χ1v) is 14.2. The van der Waals surface area contributed by atoms with Crippen LogP contribution in [0.3, 0.4) is 0 Å². The molecule has 7 rings (SSSR count). The Bertz CT molecular complexity index is 2160. The van der Waals surface area contributed by atoms with Crippen LogP contribution >= 0.6 is 0 Å². The first-order chi connectivity index (χ1) is 20.9. The van der Waals surface area contributed by atoms with Crippen molar-refractivity contribution in [3.63, 3.8) is 0 Å². The van der Waals surface area contributed by atoms with Gasteiger partial charge < -0.3 is 4.74 Å². The standard InChI is InChI=1S/C37H29N5O/c1-37(2,3)26-16-17-39-36(20-26)42-34-13-9-8-12-32(34)33-15-14-30(24-35(33)42)43-31-22-27(38-4)21-29(23-31)41-19-18-40(25-41)28-10-6-5-7-11-28/h5-24H,1-3H3. The normalized spacial score (nSPS) is 11.6. The second-order valence-corrected chi connectivity index (χ2v) is 11.6. The summed E-state index contributed by atoms with van der Waals surface area (Å²) >= 11 is 0. The highest BCUT2D eigenvalue weighted by molar-refractivity contribution is 6.09. The number of rotatable bonds is 5. The molecule has 0 saturated carbocycles. The number of hydrogen-bond donors (Lipinski definition) is 0. The second kappa shape index (κ2) is 10.3. The molecule has 208 valence electrons. The van der Waals surface area contributed by atoms with Gasteiger partial charge in [-0.2, -0.15) is 0 Å². The summed E-state index contributed by atoms with van der Waals surface area (Å²) in [5.41, 5.74) is 5.58. The quantitative estimate of drug-likeness (QED) is 0.156. The van der Waals surface area contributed by atoms with Gasteiger partial charge in [0.1, 0.15) is 17.3 Å². The Morgan fingerprint density at radius 1 is 0.814 bits per heavy atom. The fraction of sp³-hybridized carbons (Fsp3) is 0.108. The molecule has 0 fully saturated rings. The summed E-state index contributed by atoms with van der Waals surface area (Å²) in [5, 5.41) is 2.27. The van der Waals surface area contributed by atoms with Gasteiger partial charge in [0.25, 0.3) is 6.33 Å². The van der Waals surface area contributed by atoms with Gasteiger partial charge in [-0.05, 0) is 71.6 Å². The molecular formula is C37H29N5O. The van der Waals surface area contributed by atoms with Crippen LogP contribution in [0.25, 0.3) is 43.8 Å². The average Bonchev–Trinajstić information content (AvgIpc) is 3.64. The molecule has 0 saturated heterocycles. The second-order valence-electron chi connectivity index (χ2n) is 11.6. The van der Waals surface area contributed by atoms with E-state index in [9.17, 15) is 0 Å². The Labute approximate surface area is 250 Å². The Balaban J connectivity index is 1.31. The number of pyridine rings is 1. The highest BCUT2D eigenvalue weighted by Gasteiger charge is 2.18. The first-order valence-electron chi connectivity index (χ1n) is 14.2. The zero-order valence-electron chi connectivity index (χ0n) is 24.2. The molecule has 43 heavy (non-hydrogen) atoms. The van der Waals surface area contributed by atoms with Crippen molar-refractivity contribution in [1.29, 1.82) is 0 Å².